The summed E-state index contributed by atoms with van der Waals surface area (Å²) in [4.78, 5) is 18.9. The van der Waals surface area contributed by atoms with Crippen LogP contribution in [0.5, 0.6) is 5.75 Å². The molecule has 1 N–H and O–H groups in total. The summed E-state index contributed by atoms with van der Waals surface area (Å²) < 4.78 is 45.9. The van der Waals surface area contributed by atoms with E-state index in [4.69, 9.17) is 4.74 Å². The van der Waals surface area contributed by atoms with Crippen molar-refractivity contribution in [2.45, 2.75) is 25.6 Å². The van der Waals surface area contributed by atoms with Crippen molar-refractivity contribution in [3.05, 3.63) is 72.3 Å². The lowest BCUT2D eigenvalue weighted by Crippen LogP contribution is -2.38. The van der Waals surface area contributed by atoms with Crippen molar-refractivity contribution in [2.24, 2.45) is 5.92 Å². The van der Waals surface area contributed by atoms with Crippen LogP contribution < -0.4 is 15.0 Å². The van der Waals surface area contributed by atoms with Gasteiger partial charge in [0.1, 0.15) is 18.2 Å². The number of nitrogens with one attached hydrogen (secondary N) is 1. The van der Waals surface area contributed by atoms with Gasteiger partial charge in [-0.15, -0.1) is 15.3 Å². The van der Waals surface area contributed by atoms with E-state index in [1.54, 1.807) is 36.5 Å². The largest absolute Gasteiger partial charge is 0.487 e. The third-order valence-corrected chi connectivity index (χ3v) is 5.91. The van der Waals surface area contributed by atoms with Gasteiger partial charge < -0.3 is 15.0 Å². The highest BCUT2D eigenvalue weighted by Gasteiger charge is 2.38. The van der Waals surface area contributed by atoms with Crippen LogP contribution in [0.3, 0.4) is 0 Å². The number of ether oxygens (including phenoxy) is 1. The second kappa shape index (κ2) is 9.80. The summed E-state index contributed by atoms with van der Waals surface area (Å²) in [7, 11) is 0. The van der Waals surface area contributed by atoms with Gasteiger partial charge in [-0.2, -0.15) is 17.7 Å². The maximum atomic E-state index is 13.2. The van der Waals surface area contributed by atoms with Gasteiger partial charge in [0.2, 0.25) is 5.91 Å². The number of hydrogen-bond acceptors (Lipinski definition) is 7. The first-order valence-electron chi connectivity index (χ1n) is 11.3. The van der Waals surface area contributed by atoms with Gasteiger partial charge in [0.15, 0.2) is 5.65 Å². The zero-order chi connectivity index (χ0) is 25.1. The highest BCUT2D eigenvalue weighted by atomic mass is 19.4. The molecule has 1 amide bonds. The number of alkyl halides is 3. The number of carbonyl (C=O) groups is 1. The lowest BCUT2D eigenvalue weighted by molar-refractivity contribution is -0.146. The van der Waals surface area contributed by atoms with Crippen LogP contribution >= 0.6 is 0 Å². The Morgan fingerprint density at radius 3 is 2.64 bits per heavy atom. The molecule has 36 heavy (non-hydrogen) atoms. The Morgan fingerprint density at radius 2 is 1.89 bits per heavy atom. The Morgan fingerprint density at radius 1 is 1.06 bits per heavy atom. The molecule has 0 atom stereocenters. The Bertz CT molecular complexity index is 1350. The number of rotatable bonds is 6. The fraction of sp³-hybridized carbons (Fsp3) is 0.292. The van der Waals surface area contributed by atoms with Crippen molar-refractivity contribution in [3.63, 3.8) is 0 Å². The van der Waals surface area contributed by atoms with Crippen LogP contribution in [0, 0.1) is 5.92 Å². The molecule has 1 aliphatic heterocycles. The molecule has 0 saturated carbocycles. The van der Waals surface area contributed by atoms with E-state index in [1.165, 1.54) is 6.07 Å². The number of benzene rings is 1. The van der Waals surface area contributed by atoms with Crippen molar-refractivity contribution in [1.29, 1.82) is 0 Å². The Balaban J connectivity index is 1.18. The predicted octanol–water partition coefficient (Wildman–Crippen LogP) is 3.97. The topological polar surface area (TPSA) is 97.5 Å². The fourth-order valence-electron chi connectivity index (χ4n) is 4.04. The molecule has 0 unspecified atom stereocenters. The van der Waals surface area contributed by atoms with Crippen molar-refractivity contribution >= 4 is 23.1 Å². The maximum absolute atomic E-state index is 13.2. The van der Waals surface area contributed by atoms with Gasteiger partial charge >= 0.3 is 6.18 Å². The minimum atomic E-state index is -4.66. The lowest BCUT2D eigenvalue weighted by atomic mass is 9.96. The normalized spacial score (nSPS) is 14.7. The van der Waals surface area contributed by atoms with E-state index >= 15 is 0 Å². The molecule has 1 fully saturated rings. The molecule has 4 aromatic rings. The van der Waals surface area contributed by atoms with E-state index in [1.807, 2.05) is 23.1 Å². The molecular weight excluding hydrogens is 475 g/mol. The highest BCUT2D eigenvalue weighted by molar-refractivity contribution is 5.92. The van der Waals surface area contributed by atoms with Crippen LogP contribution in [0.1, 0.15) is 24.4 Å². The van der Waals surface area contributed by atoms with E-state index in [-0.39, 0.29) is 17.5 Å². The first-order chi connectivity index (χ1) is 17.4. The van der Waals surface area contributed by atoms with E-state index in [0.717, 1.165) is 5.69 Å². The van der Waals surface area contributed by atoms with Gasteiger partial charge in [0, 0.05) is 37.0 Å². The van der Waals surface area contributed by atoms with E-state index in [9.17, 15) is 18.0 Å². The van der Waals surface area contributed by atoms with Crippen molar-refractivity contribution in [2.75, 3.05) is 23.3 Å². The summed E-state index contributed by atoms with van der Waals surface area (Å²) in [5.41, 5.74) is 1.44. The van der Waals surface area contributed by atoms with Gasteiger partial charge in [0.05, 0.1) is 5.69 Å². The smallest absolute Gasteiger partial charge is 0.453 e. The molecule has 0 aliphatic carbocycles. The molecule has 0 spiro atoms. The molecule has 0 radical (unpaired) electrons. The van der Waals surface area contributed by atoms with E-state index in [2.05, 4.69) is 25.6 Å². The summed E-state index contributed by atoms with van der Waals surface area (Å²) >= 11 is 0. The summed E-state index contributed by atoms with van der Waals surface area (Å²) in [6.07, 6.45) is -1.88. The second-order valence-electron chi connectivity index (χ2n) is 8.37. The molecule has 9 nitrogen and oxygen atoms in total. The molecule has 1 aromatic carbocycles. The molecule has 4 heterocycles. The first kappa shape index (κ1) is 23.5. The van der Waals surface area contributed by atoms with Crippen LogP contribution in [0.25, 0.3) is 5.65 Å². The van der Waals surface area contributed by atoms with E-state index in [0.29, 0.717) is 54.3 Å². The van der Waals surface area contributed by atoms with Crippen LogP contribution in [-0.4, -0.2) is 43.8 Å². The molecule has 0 bridgehead atoms. The first-order valence-corrected chi connectivity index (χ1v) is 11.3. The molecule has 1 saturated heterocycles. The van der Waals surface area contributed by atoms with Crippen LogP contribution in [0.2, 0.25) is 0 Å². The predicted molar refractivity (Wildman–Crippen MR) is 124 cm³/mol. The fourth-order valence-corrected chi connectivity index (χ4v) is 4.04. The van der Waals surface area contributed by atoms with Crippen molar-refractivity contribution < 1.29 is 22.7 Å². The summed E-state index contributed by atoms with van der Waals surface area (Å²) in [5, 5.41) is 13.8. The highest BCUT2D eigenvalue weighted by Crippen LogP contribution is 2.29. The third kappa shape index (κ3) is 5.21. The molecule has 5 rings (SSSR count). The molecule has 1 aliphatic rings. The maximum Gasteiger partial charge on any atom is 0.453 e. The van der Waals surface area contributed by atoms with Crippen LogP contribution in [0.15, 0.2) is 60.8 Å². The summed E-state index contributed by atoms with van der Waals surface area (Å²) in [5.74, 6) is -0.520. The number of piperidine rings is 1. The standard InChI is InChI=1S/C24H22F3N7O2/c25-24(26,27)23-31-30-20-7-8-21(32-34(20)23)33-12-9-16(10-13-33)22(35)29-17-5-3-6-19(14-17)36-15-18-4-1-2-11-28-18/h1-8,11,14,16H,9-10,12-13,15H2,(H,29,35). The van der Waals surface area contributed by atoms with Crippen molar-refractivity contribution in [3.8, 4) is 5.75 Å². The minimum absolute atomic E-state index is 0.0200. The Hall–Kier alpha value is -4.22. The number of pyridine rings is 1. The SMILES string of the molecule is O=C(Nc1cccc(OCc2ccccn2)c1)C1CCN(c2ccc3nnc(C(F)(F)F)n3n2)CC1. The van der Waals surface area contributed by atoms with E-state index < -0.39 is 12.0 Å². The van der Waals surface area contributed by atoms with Gasteiger partial charge in [-0.1, -0.05) is 12.1 Å². The Labute approximate surface area is 203 Å². The minimum Gasteiger partial charge on any atom is -0.487 e. The number of aromatic nitrogens is 5. The van der Waals surface area contributed by atoms with Crippen molar-refractivity contribution in [1.82, 2.24) is 24.8 Å². The lowest BCUT2D eigenvalue weighted by Gasteiger charge is -2.32. The second-order valence-corrected chi connectivity index (χ2v) is 8.37. The monoisotopic (exact) mass is 497 g/mol. The van der Waals surface area contributed by atoms with Crippen LogP contribution in [0.4, 0.5) is 24.7 Å². The molecule has 186 valence electrons. The number of fused-ring (bicyclic) bond motifs is 1. The average Bonchev–Trinajstić information content (AvgIpc) is 3.32. The average molecular weight is 497 g/mol. The molecule has 12 heteroatoms. The number of anilines is 2. The quantitative estimate of drug-likeness (QED) is 0.431. The zero-order valence-corrected chi connectivity index (χ0v) is 19.0. The summed E-state index contributed by atoms with van der Waals surface area (Å²) in [6, 6.07) is 15.8. The Kier molecular flexibility index (Phi) is 6.40. The van der Waals surface area contributed by atoms with Gasteiger partial charge in [0.25, 0.3) is 5.82 Å². The van der Waals surface area contributed by atoms with Gasteiger partial charge in [-0.05, 0) is 49.2 Å². The number of hydrogen-bond donors (Lipinski definition) is 1. The number of nitrogens with zero attached hydrogens (tertiary/aromatic N) is 6. The van der Waals surface area contributed by atoms with Gasteiger partial charge in [-0.25, -0.2) is 0 Å². The number of amides is 1. The number of halogens is 3. The zero-order valence-electron chi connectivity index (χ0n) is 19.0. The molecule has 3 aromatic heterocycles. The number of carbonyl (C=O) groups excluding carboxylic acids is 1. The summed E-state index contributed by atoms with van der Waals surface area (Å²) in [6.45, 7) is 1.27. The molecular formula is C24H22F3N7O2. The van der Waals surface area contributed by atoms with Crippen LogP contribution in [-0.2, 0) is 17.6 Å². The van der Waals surface area contributed by atoms with Gasteiger partial charge in [-0.3, -0.25) is 9.78 Å². The third-order valence-electron chi connectivity index (χ3n) is 5.91.